The van der Waals surface area contributed by atoms with Crippen LogP contribution < -0.4 is 16.0 Å². The first-order valence-corrected chi connectivity index (χ1v) is 16.0. The zero-order chi connectivity index (χ0) is 31.9. The van der Waals surface area contributed by atoms with E-state index in [-0.39, 0.29) is 17.4 Å². The summed E-state index contributed by atoms with van der Waals surface area (Å²) in [6.07, 6.45) is 2.09. The lowest BCUT2D eigenvalue weighted by atomic mass is 10.0. The molecule has 43 heavy (non-hydrogen) atoms. The lowest BCUT2D eigenvalue weighted by Gasteiger charge is -2.23. The van der Waals surface area contributed by atoms with Gasteiger partial charge in [0, 0.05) is 18.0 Å². The third kappa shape index (κ3) is 14.7. The third-order valence-corrected chi connectivity index (χ3v) is 7.47. The summed E-state index contributed by atoms with van der Waals surface area (Å²) in [6.45, 7) is 9.60. The molecule has 0 spiro atoms. The number of unbranched alkanes of at least 4 members (excludes halogenated alkanes) is 1. The first-order chi connectivity index (χ1) is 20.2. The number of carbonyl (C=O) groups excluding carboxylic acids is 3. The fourth-order valence-corrected chi connectivity index (χ4v) is 5.08. The number of hydrogen-bond donors (Lipinski definition) is 3. The summed E-state index contributed by atoms with van der Waals surface area (Å²) in [4.78, 5) is 38.0. The molecule has 3 N–H and O–H groups in total. The summed E-state index contributed by atoms with van der Waals surface area (Å²) in [5.74, 6) is -0.374. The normalized spacial score (nSPS) is 13.3. The van der Waals surface area contributed by atoms with E-state index in [4.69, 9.17) is 9.47 Å². The van der Waals surface area contributed by atoms with E-state index in [1.54, 1.807) is 39.0 Å². The number of benzene rings is 2. The molecule has 2 rings (SSSR count). The number of alkyl carbamates (subject to hydrolysis) is 2. The molecule has 11 heteroatoms. The van der Waals surface area contributed by atoms with Gasteiger partial charge in [0.05, 0.1) is 4.90 Å². The van der Waals surface area contributed by atoms with E-state index in [2.05, 4.69) is 16.0 Å². The van der Waals surface area contributed by atoms with Crippen molar-refractivity contribution in [3.8, 4) is 0 Å². The van der Waals surface area contributed by atoms with Gasteiger partial charge in [-0.1, -0.05) is 68.5 Å². The van der Waals surface area contributed by atoms with Crippen molar-refractivity contribution in [3.05, 3.63) is 77.7 Å². The molecule has 0 aliphatic carbocycles. The van der Waals surface area contributed by atoms with E-state index in [1.165, 1.54) is 18.2 Å². The van der Waals surface area contributed by atoms with Crippen LogP contribution in [0.25, 0.3) is 0 Å². The Morgan fingerprint density at radius 1 is 0.884 bits per heavy atom. The predicted molar refractivity (Wildman–Crippen MR) is 166 cm³/mol. The molecule has 0 aliphatic rings. The molecule has 0 fully saturated rings. The van der Waals surface area contributed by atoms with Crippen LogP contribution in [0.3, 0.4) is 0 Å². The highest BCUT2D eigenvalue weighted by Crippen LogP contribution is 2.14. The van der Waals surface area contributed by atoms with Gasteiger partial charge in [0.1, 0.15) is 18.2 Å². The van der Waals surface area contributed by atoms with Crippen LogP contribution in [0.5, 0.6) is 0 Å². The van der Waals surface area contributed by atoms with Crippen LogP contribution in [-0.4, -0.2) is 50.7 Å². The van der Waals surface area contributed by atoms with Gasteiger partial charge in [0.15, 0.2) is 9.84 Å². The smallest absolute Gasteiger partial charge is 0.408 e. The van der Waals surface area contributed by atoms with Gasteiger partial charge in [-0.2, -0.15) is 0 Å². The average molecular weight is 616 g/mol. The highest BCUT2D eigenvalue weighted by atomic mass is 32.2. The minimum absolute atomic E-state index is 0.0583. The van der Waals surface area contributed by atoms with Crippen molar-refractivity contribution >= 4 is 27.9 Å². The highest BCUT2D eigenvalue weighted by molar-refractivity contribution is 7.94. The Morgan fingerprint density at radius 2 is 1.51 bits per heavy atom. The van der Waals surface area contributed by atoms with E-state index in [0.29, 0.717) is 32.2 Å². The Labute approximate surface area is 255 Å². The van der Waals surface area contributed by atoms with Crippen molar-refractivity contribution in [3.63, 3.8) is 0 Å². The third-order valence-electron chi connectivity index (χ3n) is 6.03. The maximum absolute atomic E-state index is 13.4. The minimum atomic E-state index is -3.74. The average Bonchev–Trinajstić information content (AvgIpc) is 2.94. The molecule has 0 bridgehead atoms. The van der Waals surface area contributed by atoms with Crippen molar-refractivity contribution < 1.29 is 32.3 Å². The largest absolute Gasteiger partial charge is 0.445 e. The lowest BCUT2D eigenvalue weighted by Crippen LogP contribution is -2.50. The maximum Gasteiger partial charge on any atom is 0.408 e. The lowest BCUT2D eigenvalue weighted by molar-refractivity contribution is -0.123. The van der Waals surface area contributed by atoms with Gasteiger partial charge in [-0.25, -0.2) is 18.0 Å². The first-order valence-electron chi connectivity index (χ1n) is 14.5. The van der Waals surface area contributed by atoms with Crippen LogP contribution in [0.2, 0.25) is 0 Å². The van der Waals surface area contributed by atoms with Crippen LogP contribution >= 0.6 is 0 Å². The van der Waals surface area contributed by atoms with Crippen LogP contribution in [0.4, 0.5) is 9.59 Å². The molecule has 3 amide bonds. The van der Waals surface area contributed by atoms with Crippen molar-refractivity contribution in [2.24, 2.45) is 5.92 Å². The summed E-state index contributed by atoms with van der Waals surface area (Å²) >= 11 is 0. The molecular weight excluding hydrogens is 570 g/mol. The quantitative estimate of drug-likeness (QED) is 0.225. The Balaban J connectivity index is 2.08. The van der Waals surface area contributed by atoms with Crippen LogP contribution in [0.1, 0.15) is 65.9 Å². The number of sulfone groups is 1. The molecule has 0 saturated heterocycles. The number of hydrogen-bond acceptors (Lipinski definition) is 7. The van der Waals surface area contributed by atoms with Gasteiger partial charge in [-0.3, -0.25) is 4.79 Å². The summed E-state index contributed by atoms with van der Waals surface area (Å²) in [5.41, 5.74) is 0.205. The second-order valence-electron chi connectivity index (χ2n) is 11.6. The van der Waals surface area contributed by atoms with Gasteiger partial charge < -0.3 is 25.4 Å². The molecular formula is C32H45N3O7S. The maximum atomic E-state index is 13.4. The van der Waals surface area contributed by atoms with E-state index in [0.717, 1.165) is 11.0 Å². The van der Waals surface area contributed by atoms with E-state index >= 15 is 0 Å². The van der Waals surface area contributed by atoms with Crippen molar-refractivity contribution in [2.45, 2.75) is 89.5 Å². The number of nitrogens with one attached hydrogen (secondary N) is 3. The van der Waals surface area contributed by atoms with Crippen LogP contribution in [0, 0.1) is 5.92 Å². The number of amides is 3. The molecule has 0 aliphatic heterocycles. The zero-order valence-corrected chi connectivity index (χ0v) is 26.5. The predicted octanol–water partition coefficient (Wildman–Crippen LogP) is 5.49. The topological polar surface area (TPSA) is 140 Å². The standard InChI is InChI=1S/C32H45N3O7S/c1-24(2)22-28(35-31(38)41-23-25-14-8-6-9-15-25)29(36)34-26(16-12-13-20-33-30(37)42-32(3,4)5)19-21-43(39,40)27-17-10-7-11-18-27/h6-11,14-15,17-19,21,24,26,28H,12-13,16,20,22-23H2,1-5H3,(H,33,37)(H,34,36)(H,35,38)/b21-19+/t26-,28-/m0/s1. The Morgan fingerprint density at radius 3 is 2.12 bits per heavy atom. The molecule has 2 aromatic carbocycles. The first kappa shape index (κ1) is 35.3. The summed E-state index contributed by atoms with van der Waals surface area (Å²) in [7, 11) is -3.74. The monoisotopic (exact) mass is 615 g/mol. The van der Waals surface area contributed by atoms with E-state index < -0.39 is 45.6 Å². The Kier molecular flexibility index (Phi) is 14.2. The fourth-order valence-electron chi connectivity index (χ4n) is 3.99. The number of ether oxygens (including phenoxy) is 2. The van der Waals surface area contributed by atoms with E-state index in [9.17, 15) is 22.8 Å². The van der Waals surface area contributed by atoms with Gasteiger partial charge in [-0.05, 0) is 70.1 Å². The van der Waals surface area contributed by atoms with Gasteiger partial charge in [0.2, 0.25) is 5.91 Å². The zero-order valence-electron chi connectivity index (χ0n) is 25.7. The molecule has 0 saturated carbocycles. The minimum Gasteiger partial charge on any atom is -0.445 e. The summed E-state index contributed by atoms with van der Waals surface area (Å²) in [6, 6.07) is 15.7. The summed E-state index contributed by atoms with van der Waals surface area (Å²) < 4.78 is 36.3. The van der Waals surface area contributed by atoms with Crippen molar-refractivity contribution in [1.29, 1.82) is 0 Å². The molecule has 2 atom stereocenters. The molecule has 236 valence electrons. The Bertz CT molecular complexity index is 1290. The fraction of sp³-hybridized carbons (Fsp3) is 0.469. The number of carbonyl (C=O) groups is 3. The van der Waals surface area contributed by atoms with Crippen LogP contribution in [0.15, 0.2) is 77.0 Å². The van der Waals surface area contributed by atoms with Crippen molar-refractivity contribution in [2.75, 3.05) is 6.54 Å². The van der Waals surface area contributed by atoms with E-state index in [1.807, 2.05) is 44.2 Å². The molecule has 10 nitrogen and oxygen atoms in total. The second kappa shape index (κ2) is 17.3. The van der Waals surface area contributed by atoms with Crippen molar-refractivity contribution in [1.82, 2.24) is 16.0 Å². The molecule has 0 aromatic heterocycles. The second-order valence-corrected chi connectivity index (χ2v) is 13.4. The molecule has 0 heterocycles. The molecule has 2 aromatic rings. The van der Waals surface area contributed by atoms with Gasteiger partial charge in [-0.15, -0.1) is 0 Å². The summed E-state index contributed by atoms with van der Waals surface area (Å²) in [5, 5.41) is 9.32. The SMILES string of the molecule is CC(C)C[C@H](NC(=O)OCc1ccccc1)C(=O)N[C@H](/C=C/S(=O)(=O)c1ccccc1)CCCCNC(=O)OC(C)(C)C. The molecule has 0 unspecified atom stereocenters. The molecule has 0 radical (unpaired) electrons. The van der Waals surface area contributed by atoms with Gasteiger partial charge >= 0.3 is 12.2 Å². The Hall–Kier alpha value is -3.86. The van der Waals surface area contributed by atoms with Crippen LogP contribution in [-0.2, 0) is 30.7 Å². The van der Waals surface area contributed by atoms with Gasteiger partial charge in [0.25, 0.3) is 0 Å². The number of rotatable bonds is 15. The highest BCUT2D eigenvalue weighted by Gasteiger charge is 2.25.